The summed E-state index contributed by atoms with van der Waals surface area (Å²) in [4.78, 5) is 1.82. The van der Waals surface area contributed by atoms with Gasteiger partial charge in [-0.2, -0.15) is 0 Å². The molecule has 1 aromatic carbocycles. The van der Waals surface area contributed by atoms with Crippen LogP contribution in [0.25, 0.3) is 0 Å². The molecular formula is C14H20FN3O2. The average molecular weight is 281 g/mol. The highest BCUT2D eigenvalue weighted by molar-refractivity contribution is 6.02. The van der Waals surface area contributed by atoms with E-state index in [1.165, 1.54) is 12.1 Å². The lowest BCUT2D eigenvalue weighted by atomic mass is 10.0. The zero-order valence-corrected chi connectivity index (χ0v) is 11.5. The molecule has 20 heavy (non-hydrogen) atoms. The molecule has 4 N–H and O–H groups in total. The molecule has 0 aliphatic heterocycles. The predicted molar refractivity (Wildman–Crippen MR) is 75.6 cm³/mol. The number of benzene rings is 1. The zero-order chi connectivity index (χ0) is 14.8. The van der Waals surface area contributed by atoms with Crippen molar-refractivity contribution in [2.24, 2.45) is 10.9 Å². The van der Waals surface area contributed by atoms with Gasteiger partial charge in [0.1, 0.15) is 5.82 Å². The smallest absolute Gasteiger partial charge is 0.172 e. The molecule has 0 saturated heterocycles. The number of nitrogens with two attached hydrogens (primary N) is 1. The fourth-order valence-electron chi connectivity index (χ4n) is 2.82. The predicted octanol–water partition coefficient (Wildman–Crippen LogP) is 1.66. The molecule has 0 unspecified atom stereocenters. The Kier molecular flexibility index (Phi) is 4.13. The maximum absolute atomic E-state index is 13.3. The van der Waals surface area contributed by atoms with Crippen molar-refractivity contribution < 1.29 is 14.7 Å². The highest BCUT2D eigenvalue weighted by atomic mass is 19.1. The van der Waals surface area contributed by atoms with Crippen LogP contribution in [-0.4, -0.2) is 35.3 Å². The molecule has 0 bridgehead atoms. The lowest BCUT2D eigenvalue weighted by Gasteiger charge is -2.31. The van der Waals surface area contributed by atoms with E-state index in [9.17, 15) is 9.50 Å². The lowest BCUT2D eigenvalue weighted by molar-refractivity contribution is 0.0559. The first-order valence-electron chi connectivity index (χ1n) is 6.66. The summed E-state index contributed by atoms with van der Waals surface area (Å²) in [5, 5.41) is 22.2. The Labute approximate surface area is 117 Å². The van der Waals surface area contributed by atoms with Gasteiger partial charge in [-0.3, -0.25) is 0 Å². The Hall–Kier alpha value is -1.82. The van der Waals surface area contributed by atoms with Crippen molar-refractivity contribution in [3.63, 3.8) is 0 Å². The summed E-state index contributed by atoms with van der Waals surface area (Å²) in [6, 6.07) is 4.11. The van der Waals surface area contributed by atoms with Gasteiger partial charge >= 0.3 is 0 Å². The Balaban J connectivity index is 2.27. The Morgan fingerprint density at radius 3 is 2.70 bits per heavy atom. The molecule has 0 spiro atoms. The third-order valence-electron chi connectivity index (χ3n) is 3.82. The number of hydrogen-bond acceptors (Lipinski definition) is 4. The van der Waals surface area contributed by atoms with Gasteiger partial charge in [-0.05, 0) is 31.0 Å². The lowest BCUT2D eigenvalue weighted by Crippen LogP contribution is -2.40. The number of halogens is 1. The van der Waals surface area contributed by atoms with Crippen LogP contribution >= 0.6 is 0 Å². The van der Waals surface area contributed by atoms with Crippen molar-refractivity contribution in [1.82, 2.24) is 0 Å². The minimum absolute atomic E-state index is 0.148. The van der Waals surface area contributed by atoms with E-state index in [0.717, 1.165) is 25.7 Å². The second-order valence-electron chi connectivity index (χ2n) is 5.43. The van der Waals surface area contributed by atoms with Crippen LogP contribution in [0.4, 0.5) is 10.1 Å². The van der Waals surface area contributed by atoms with E-state index in [-0.39, 0.29) is 5.84 Å². The number of anilines is 1. The molecule has 1 aliphatic rings. The van der Waals surface area contributed by atoms with Gasteiger partial charge in [0.15, 0.2) is 5.84 Å². The van der Waals surface area contributed by atoms with Crippen LogP contribution in [-0.2, 0) is 0 Å². The normalized spacial score (nSPS) is 18.2. The highest BCUT2D eigenvalue weighted by Gasteiger charge is 2.32. The molecule has 1 saturated carbocycles. The fourth-order valence-corrected chi connectivity index (χ4v) is 2.82. The first-order chi connectivity index (χ1) is 9.45. The van der Waals surface area contributed by atoms with Gasteiger partial charge < -0.3 is 20.9 Å². The molecule has 5 nitrogen and oxygen atoms in total. The minimum atomic E-state index is -0.717. The van der Waals surface area contributed by atoms with Gasteiger partial charge in [-0.15, -0.1) is 0 Å². The summed E-state index contributed by atoms with van der Waals surface area (Å²) in [5.41, 5.74) is 5.81. The molecule has 110 valence electrons. The molecule has 1 fully saturated rings. The van der Waals surface area contributed by atoms with E-state index in [0.29, 0.717) is 17.8 Å². The number of aliphatic hydroxyl groups is 1. The number of nitrogens with zero attached hydrogens (tertiary/aromatic N) is 2. The van der Waals surface area contributed by atoms with Crippen LogP contribution in [0.5, 0.6) is 0 Å². The number of oxime groups is 1. The molecular weight excluding hydrogens is 261 g/mol. The number of rotatable bonds is 4. The van der Waals surface area contributed by atoms with Gasteiger partial charge in [0.05, 0.1) is 5.60 Å². The summed E-state index contributed by atoms with van der Waals surface area (Å²) in [6.07, 6.45) is 3.55. The third-order valence-corrected chi connectivity index (χ3v) is 3.82. The highest BCUT2D eigenvalue weighted by Crippen LogP contribution is 2.32. The average Bonchev–Trinajstić information content (AvgIpc) is 2.83. The van der Waals surface area contributed by atoms with Gasteiger partial charge in [0.2, 0.25) is 0 Å². The molecule has 0 aromatic heterocycles. The van der Waals surface area contributed by atoms with Crippen LogP contribution in [0.15, 0.2) is 23.4 Å². The molecule has 0 amide bonds. The van der Waals surface area contributed by atoms with E-state index in [2.05, 4.69) is 5.16 Å². The van der Waals surface area contributed by atoms with Crippen molar-refractivity contribution in [3.8, 4) is 0 Å². The topological polar surface area (TPSA) is 82.1 Å². The molecule has 0 radical (unpaired) electrons. The van der Waals surface area contributed by atoms with Crippen LogP contribution in [0, 0.1) is 5.82 Å². The van der Waals surface area contributed by atoms with Crippen molar-refractivity contribution in [2.45, 2.75) is 31.3 Å². The quantitative estimate of drug-likeness (QED) is 0.339. The summed E-state index contributed by atoms with van der Waals surface area (Å²) in [7, 11) is 1.80. The van der Waals surface area contributed by atoms with Gasteiger partial charge in [0, 0.05) is 24.8 Å². The van der Waals surface area contributed by atoms with E-state index < -0.39 is 11.4 Å². The first-order valence-corrected chi connectivity index (χ1v) is 6.66. The number of amidine groups is 1. The summed E-state index contributed by atoms with van der Waals surface area (Å²) >= 11 is 0. The third kappa shape index (κ3) is 3.01. The molecule has 1 aliphatic carbocycles. The Morgan fingerprint density at radius 1 is 1.45 bits per heavy atom. The Bertz CT molecular complexity index is 513. The maximum Gasteiger partial charge on any atom is 0.172 e. The SMILES string of the molecule is CN(CC1(O)CCCC1)c1ccc(F)cc1/C(N)=N/O. The van der Waals surface area contributed by atoms with Gasteiger partial charge in [0.25, 0.3) is 0 Å². The summed E-state index contributed by atoms with van der Waals surface area (Å²) in [5.74, 6) is -0.604. The molecule has 6 heteroatoms. The number of hydrogen-bond donors (Lipinski definition) is 3. The Morgan fingerprint density at radius 2 is 2.10 bits per heavy atom. The maximum atomic E-state index is 13.3. The van der Waals surface area contributed by atoms with Crippen LogP contribution in [0.3, 0.4) is 0 Å². The molecule has 0 heterocycles. The molecule has 2 rings (SSSR count). The van der Waals surface area contributed by atoms with Crippen molar-refractivity contribution >= 4 is 11.5 Å². The van der Waals surface area contributed by atoms with E-state index in [1.54, 1.807) is 13.1 Å². The number of likely N-dealkylation sites (N-methyl/N-ethyl adjacent to an activating group) is 1. The second-order valence-corrected chi connectivity index (χ2v) is 5.43. The zero-order valence-electron chi connectivity index (χ0n) is 11.5. The fraction of sp³-hybridized carbons (Fsp3) is 0.500. The van der Waals surface area contributed by atoms with Crippen LogP contribution < -0.4 is 10.6 Å². The summed E-state index contributed by atoms with van der Waals surface area (Å²) in [6.45, 7) is 0.435. The summed E-state index contributed by atoms with van der Waals surface area (Å²) < 4.78 is 13.3. The minimum Gasteiger partial charge on any atom is -0.409 e. The van der Waals surface area contributed by atoms with E-state index >= 15 is 0 Å². The van der Waals surface area contributed by atoms with Crippen LogP contribution in [0.1, 0.15) is 31.2 Å². The largest absolute Gasteiger partial charge is 0.409 e. The standard InChI is InChI=1S/C14H20FN3O2/c1-18(9-14(19)6-2-3-7-14)12-5-4-10(15)8-11(12)13(16)17-20/h4-5,8,19-20H,2-3,6-7,9H2,1H3,(H2,16,17). The van der Waals surface area contributed by atoms with Crippen molar-refractivity contribution in [1.29, 1.82) is 0 Å². The van der Waals surface area contributed by atoms with E-state index in [1.807, 2.05) is 4.90 Å². The van der Waals surface area contributed by atoms with Crippen LogP contribution in [0.2, 0.25) is 0 Å². The van der Waals surface area contributed by atoms with Crippen molar-refractivity contribution in [3.05, 3.63) is 29.6 Å². The molecule has 1 aromatic rings. The van der Waals surface area contributed by atoms with E-state index in [4.69, 9.17) is 10.9 Å². The van der Waals surface area contributed by atoms with Crippen molar-refractivity contribution in [2.75, 3.05) is 18.5 Å². The molecule has 0 atom stereocenters. The first kappa shape index (κ1) is 14.6. The second kappa shape index (κ2) is 5.66. The monoisotopic (exact) mass is 281 g/mol. The van der Waals surface area contributed by atoms with Gasteiger partial charge in [-0.25, -0.2) is 4.39 Å². The van der Waals surface area contributed by atoms with Gasteiger partial charge in [-0.1, -0.05) is 18.0 Å².